The van der Waals surface area contributed by atoms with E-state index in [4.69, 9.17) is 11.6 Å². The first-order valence-corrected chi connectivity index (χ1v) is 10.8. The maximum absolute atomic E-state index is 12.8. The van der Waals surface area contributed by atoms with E-state index in [-0.39, 0.29) is 29.2 Å². The predicted octanol–water partition coefficient (Wildman–Crippen LogP) is 2.20. The Balaban J connectivity index is 1.86. The van der Waals surface area contributed by atoms with Crippen LogP contribution in [0.15, 0.2) is 29.2 Å². The molecule has 1 aliphatic heterocycles. The highest BCUT2D eigenvalue weighted by molar-refractivity contribution is 7.89. The fourth-order valence-electron chi connectivity index (χ4n) is 2.98. The summed E-state index contributed by atoms with van der Waals surface area (Å²) in [4.78, 5) is 23.6. The number of nitrogens with zero attached hydrogens (tertiary/aromatic N) is 1. The number of piperidine rings is 1. The summed E-state index contributed by atoms with van der Waals surface area (Å²) >= 11 is 5.82. The van der Waals surface area contributed by atoms with Gasteiger partial charge in [0.1, 0.15) is 0 Å². The maximum atomic E-state index is 12.8. The Bertz CT molecular complexity index is 752. The largest absolute Gasteiger partial charge is 0.469 e. The van der Waals surface area contributed by atoms with Gasteiger partial charge in [0.05, 0.1) is 17.9 Å². The molecular weight excluding hydrogens is 392 g/mol. The molecule has 0 aromatic heterocycles. The molecule has 0 saturated carbocycles. The van der Waals surface area contributed by atoms with Crippen LogP contribution in [0.1, 0.15) is 32.1 Å². The summed E-state index contributed by atoms with van der Waals surface area (Å²) in [6.07, 6.45) is 2.91. The number of rotatable bonds is 8. The summed E-state index contributed by atoms with van der Waals surface area (Å²) in [6.45, 7) is 1.02. The Kier molecular flexibility index (Phi) is 8.07. The number of esters is 1. The molecule has 1 aromatic carbocycles. The van der Waals surface area contributed by atoms with Crippen LogP contribution in [0.4, 0.5) is 0 Å². The molecule has 27 heavy (non-hydrogen) atoms. The van der Waals surface area contributed by atoms with Crippen LogP contribution in [0.3, 0.4) is 0 Å². The zero-order valence-electron chi connectivity index (χ0n) is 15.3. The zero-order valence-corrected chi connectivity index (χ0v) is 16.9. The lowest BCUT2D eigenvalue weighted by atomic mass is 9.99. The Morgan fingerprint density at radius 1 is 1.26 bits per heavy atom. The summed E-state index contributed by atoms with van der Waals surface area (Å²) in [5.74, 6) is -0.790. The van der Waals surface area contributed by atoms with E-state index in [1.807, 2.05) is 0 Å². The molecule has 1 saturated heterocycles. The Morgan fingerprint density at radius 3 is 2.63 bits per heavy atom. The number of carbonyl (C=O) groups excluding carboxylic acids is 2. The summed E-state index contributed by atoms with van der Waals surface area (Å²) < 4.78 is 31.5. The minimum atomic E-state index is -3.64. The van der Waals surface area contributed by atoms with Gasteiger partial charge in [-0.1, -0.05) is 11.6 Å². The van der Waals surface area contributed by atoms with Crippen molar-refractivity contribution in [2.24, 2.45) is 5.92 Å². The molecule has 0 radical (unpaired) electrons. The van der Waals surface area contributed by atoms with Gasteiger partial charge < -0.3 is 10.1 Å². The fraction of sp³-hybridized carbons (Fsp3) is 0.556. The minimum Gasteiger partial charge on any atom is -0.469 e. The van der Waals surface area contributed by atoms with E-state index in [1.54, 1.807) is 0 Å². The first kappa shape index (κ1) is 21.7. The van der Waals surface area contributed by atoms with Gasteiger partial charge >= 0.3 is 5.97 Å². The number of halogens is 1. The minimum absolute atomic E-state index is 0.149. The molecule has 150 valence electrons. The zero-order chi connectivity index (χ0) is 19.9. The highest BCUT2D eigenvalue weighted by Crippen LogP contribution is 2.24. The molecule has 9 heteroatoms. The molecule has 1 amide bonds. The van der Waals surface area contributed by atoms with Crippen LogP contribution in [0, 0.1) is 5.92 Å². The number of methoxy groups -OCH3 is 1. The van der Waals surface area contributed by atoms with Crippen molar-refractivity contribution in [1.82, 2.24) is 9.62 Å². The topological polar surface area (TPSA) is 92.8 Å². The second-order valence-corrected chi connectivity index (χ2v) is 8.85. The van der Waals surface area contributed by atoms with Crippen LogP contribution in [0.5, 0.6) is 0 Å². The van der Waals surface area contributed by atoms with E-state index in [2.05, 4.69) is 10.1 Å². The maximum Gasteiger partial charge on any atom is 0.305 e. The molecule has 7 nitrogen and oxygen atoms in total. The van der Waals surface area contributed by atoms with Crippen molar-refractivity contribution in [3.8, 4) is 0 Å². The number of carbonyl (C=O) groups is 2. The number of ether oxygens (including phenoxy) is 1. The molecule has 1 N–H and O–H groups in total. The molecule has 1 heterocycles. The average Bonchev–Trinajstić information content (AvgIpc) is 2.67. The number of nitrogens with one attached hydrogen (secondary N) is 1. The lowest BCUT2D eigenvalue weighted by Gasteiger charge is -2.31. The predicted molar refractivity (Wildman–Crippen MR) is 102 cm³/mol. The van der Waals surface area contributed by atoms with Crippen LogP contribution >= 0.6 is 11.6 Å². The monoisotopic (exact) mass is 416 g/mol. The van der Waals surface area contributed by atoms with E-state index >= 15 is 0 Å². The quantitative estimate of drug-likeness (QED) is 0.518. The number of hydrogen-bond acceptors (Lipinski definition) is 5. The Morgan fingerprint density at radius 2 is 1.96 bits per heavy atom. The van der Waals surface area contributed by atoms with Crippen LogP contribution < -0.4 is 5.32 Å². The second-order valence-electron chi connectivity index (χ2n) is 6.48. The van der Waals surface area contributed by atoms with Crippen molar-refractivity contribution < 1.29 is 22.7 Å². The van der Waals surface area contributed by atoms with E-state index in [0.29, 0.717) is 50.2 Å². The van der Waals surface area contributed by atoms with Gasteiger partial charge in [-0.25, -0.2) is 8.42 Å². The molecule has 0 bridgehead atoms. The smallest absolute Gasteiger partial charge is 0.305 e. The van der Waals surface area contributed by atoms with Gasteiger partial charge in [-0.3, -0.25) is 9.59 Å². The highest BCUT2D eigenvalue weighted by atomic mass is 35.5. The third kappa shape index (κ3) is 6.19. The van der Waals surface area contributed by atoms with E-state index in [0.717, 1.165) is 0 Å². The Hall–Kier alpha value is -1.64. The first-order valence-electron chi connectivity index (χ1n) is 8.95. The number of sulfonamides is 1. The van der Waals surface area contributed by atoms with Gasteiger partial charge in [0.2, 0.25) is 15.9 Å². The van der Waals surface area contributed by atoms with Crippen LogP contribution in [-0.2, 0) is 24.3 Å². The van der Waals surface area contributed by atoms with Crippen LogP contribution in [0.2, 0.25) is 5.02 Å². The van der Waals surface area contributed by atoms with E-state index < -0.39 is 10.0 Å². The van der Waals surface area contributed by atoms with Gasteiger partial charge in [0, 0.05) is 31.1 Å². The third-order valence-corrected chi connectivity index (χ3v) is 6.67. The van der Waals surface area contributed by atoms with Crippen molar-refractivity contribution in [2.45, 2.75) is 37.0 Å². The highest BCUT2D eigenvalue weighted by Gasteiger charge is 2.33. The standard InChI is InChI=1S/C18H25ClN2O5S/c1-26-17(22)6-2-3-11-20-18(23)14-5-4-12-21(13-14)27(24,25)16-9-7-15(19)8-10-16/h7-10,14H,2-6,11-13H2,1H3,(H,20,23). The van der Waals surface area contributed by atoms with Crippen molar-refractivity contribution in [2.75, 3.05) is 26.7 Å². The van der Waals surface area contributed by atoms with E-state index in [9.17, 15) is 18.0 Å². The van der Waals surface area contributed by atoms with Gasteiger partial charge in [-0.15, -0.1) is 0 Å². The number of benzene rings is 1. The van der Waals surface area contributed by atoms with Crippen LogP contribution in [-0.4, -0.2) is 51.3 Å². The lowest BCUT2D eigenvalue weighted by Crippen LogP contribution is -2.45. The number of amides is 1. The fourth-order valence-corrected chi connectivity index (χ4v) is 4.63. The van der Waals surface area contributed by atoms with Crippen molar-refractivity contribution in [3.63, 3.8) is 0 Å². The molecule has 2 rings (SSSR count). The number of unbranched alkanes of at least 4 members (excludes halogenated alkanes) is 1. The second kappa shape index (κ2) is 10.1. The summed E-state index contributed by atoms with van der Waals surface area (Å²) in [6, 6.07) is 6.03. The summed E-state index contributed by atoms with van der Waals surface area (Å²) in [5.41, 5.74) is 0. The first-order chi connectivity index (χ1) is 12.8. The van der Waals surface area contributed by atoms with Crippen LogP contribution in [0.25, 0.3) is 0 Å². The van der Waals surface area contributed by atoms with E-state index in [1.165, 1.54) is 35.7 Å². The van der Waals surface area contributed by atoms with Crippen molar-refractivity contribution in [1.29, 1.82) is 0 Å². The molecule has 0 spiro atoms. The van der Waals surface area contributed by atoms with Crippen molar-refractivity contribution in [3.05, 3.63) is 29.3 Å². The molecule has 1 atom stereocenters. The normalized spacial score (nSPS) is 18.1. The molecule has 1 fully saturated rings. The molecule has 1 aliphatic rings. The van der Waals surface area contributed by atoms with Crippen molar-refractivity contribution >= 4 is 33.5 Å². The Labute approximate surface area is 165 Å². The molecular formula is C18H25ClN2O5S. The average molecular weight is 417 g/mol. The molecule has 1 aromatic rings. The SMILES string of the molecule is COC(=O)CCCCNC(=O)C1CCCN(S(=O)(=O)c2ccc(Cl)cc2)C1. The summed E-state index contributed by atoms with van der Waals surface area (Å²) in [7, 11) is -2.30. The van der Waals surface area contributed by atoms with Gasteiger partial charge in [0.25, 0.3) is 0 Å². The number of hydrogen-bond donors (Lipinski definition) is 1. The lowest BCUT2D eigenvalue weighted by molar-refractivity contribution is -0.140. The molecule has 0 aliphatic carbocycles. The molecule has 1 unspecified atom stereocenters. The van der Waals surface area contributed by atoms with Gasteiger partial charge in [-0.05, 0) is 49.9 Å². The third-order valence-electron chi connectivity index (χ3n) is 4.54. The van der Waals surface area contributed by atoms with Gasteiger partial charge in [-0.2, -0.15) is 4.31 Å². The van der Waals surface area contributed by atoms with Gasteiger partial charge in [0.15, 0.2) is 0 Å². The summed E-state index contributed by atoms with van der Waals surface area (Å²) in [5, 5.41) is 3.30.